The maximum absolute atomic E-state index is 11.9. The summed E-state index contributed by atoms with van der Waals surface area (Å²) in [7, 11) is -1.19. The number of sulfonamides is 1. The van der Waals surface area contributed by atoms with Crippen LogP contribution < -0.4 is 15.2 Å². The van der Waals surface area contributed by atoms with E-state index in [9.17, 15) is 13.2 Å². The van der Waals surface area contributed by atoms with Crippen molar-refractivity contribution in [3.63, 3.8) is 0 Å². The van der Waals surface area contributed by atoms with Gasteiger partial charge in [0.25, 0.3) is 10.0 Å². The molecule has 0 aliphatic rings. The van der Waals surface area contributed by atoms with Crippen LogP contribution >= 0.6 is 23.7 Å². The van der Waals surface area contributed by atoms with Gasteiger partial charge in [-0.3, -0.25) is 0 Å². The zero-order valence-electron chi connectivity index (χ0n) is 10.3. The molecule has 10 heteroatoms. The smallest absolute Gasteiger partial charge is 0.348 e. The summed E-state index contributed by atoms with van der Waals surface area (Å²) in [6, 6.07) is 1.33. The Hall–Kier alpha value is -0.870. The maximum Gasteiger partial charge on any atom is 0.348 e. The predicted octanol–water partition coefficient (Wildman–Crippen LogP) is 0.202. The third-order valence-corrected chi connectivity index (χ3v) is 5.03. The molecule has 0 aliphatic carbocycles. The fourth-order valence-corrected chi connectivity index (χ4v) is 3.73. The average molecular weight is 331 g/mol. The summed E-state index contributed by atoms with van der Waals surface area (Å²) in [5.41, 5.74) is 5.23. The number of carbonyl (C=O) groups excluding carboxylic acids is 1. The van der Waals surface area contributed by atoms with Crippen LogP contribution in [-0.2, 0) is 14.8 Å². The highest BCUT2D eigenvalue weighted by Crippen LogP contribution is 2.33. The summed E-state index contributed by atoms with van der Waals surface area (Å²) in [4.78, 5) is 11.5. The van der Waals surface area contributed by atoms with E-state index in [4.69, 9.17) is 10.5 Å². The van der Waals surface area contributed by atoms with Crippen molar-refractivity contribution in [2.75, 3.05) is 27.3 Å². The van der Waals surface area contributed by atoms with Crippen LogP contribution in [0.1, 0.15) is 9.67 Å². The SMILES string of the molecule is COC(=O)c1cc(OC)c(S(=O)(=O)NCCN)s1.Cl. The molecule has 0 unspecified atom stereocenters. The van der Waals surface area contributed by atoms with Gasteiger partial charge in [0.05, 0.1) is 14.2 Å². The second-order valence-electron chi connectivity index (χ2n) is 3.14. The van der Waals surface area contributed by atoms with Crippen LogP contribution in [0, 0.1) is 0 Å². The minimum absolute atomic E-state index is 0. The van der Waals surface area contributed by atoms with E-state index in [1.165, 1.54) is 20.3 Å². The molecule has 0 spiro atoms. The minimum Gasteiger partial charge on any atom is -0.494 e. The third kappa shape index (κ3) is 4.32. The van der Waals surface area contributed by atoms with Crippen LogP contribution in [0.25, 0.3) is 0 Å². The Balaban J connectivity index is 0.00000324. The Morgan fingerprint density at radius 3 is 2.58 bits per heavy atom. The Bertz CT molecular complexity index is 529. The van der Waals surface area contributed by atoms with Crippen molar-refractivity contribution in [2.24, 2.45) is 5.73 Å². The first-order chi connectivity index (χ1) is 8.46. The lowest BCUT2D eigenvalue weighted by atomic mass is 10.4. The number of hydrogen-bond donors (Lipinski definition) is 2. The standard InChI is InChI=1S/C9H14N2O5S2.ClH/c1-15-6-5-7(8(12)16-2)17-9(6)18(13,14)11-4-3-10;/h5,11H,3-4,10H2,1-2H3;1H. The molecule has 0 saturated carbocycles. The number of thiophene rings is 1. The predicted molar refractivity (Wildman–Crippen MR) is 73.7 cm³/mol. The number of carbonyl (C=O) groups is 1. The van der Waals surface area contributed by atoms with Gasteiger partial charge in [0.1, 0.15) is 4.88 Å². The van der Waals surface area contributed by atoms with Crippen LogP contribution in [-0.4, -0.2) is 41.7 Å². The van der Waals surface area contributed by atoms with Gasteiger partial charge in [-0.15, -0.1) is 23.7 Å². The van der Waals surface area contributed by atoms with E-state index in [1.54, 1.807) is 0 Å². The van der Waals surface area contributed by atoms with Crippen LogP contribution in [0.5, 0.6) is 5.75 Å². The highest BCUT2D eigenvalue weighted by Gasteiger charge is 2.25. The van der Waals surface area contributed by atoms with Gasteiger partial charge in [-0.2, -0.15) is 0 Å². The molecule has 3 N–H and O–H groups in total. The molecular weight excluding hydrogens is 316 g/mol. The van der Waals surface area contributed by atoms with E-state index in [0.29, 0.717) is 0 Å². The van der Waals surface area contributed by atoms with Gasteiger partial charge in [-0.25, -0.2) is 17.9 Å². The van der Waals surface area contributed by atoms with Crippen molar-refractivity contribution >= 4 is 39.7 Å². The second kappa shape index (κ2) is 7.65. The molecule has 0 fully saturated rings. The summed E-state index contributed by atoms with van der Waals surface area (Å²) in [6.07, 6.45) is 0. The van der Waals surface area contributed by atoms with Crippen molar-refractivity contribution < 1.29 is 22.7 Å². The number of hydrogen-bond acceptors (Lipinski definition) is 7. The molecule has 19 heavy (non-hydrogen) atoms. The highest BCUT2D eigenvalue weighted by molar-refractivity contribution is 7.91. The number of halogens is 1. The molecule has 110 valence electrons. The van der Waals surface area contributed by atoms with E-state index >= 15 is 0 Å². The zero-order chi connectivity index (χ0) is 13.8. The molecule has 1 rings (SSSR count). The summed E-state index contributed by atoms with van der Waals surface area (Å²) >= 11 is 0.783. The molecule has 0 amide bonds. The molecular formula is C9H15ClN2O5S2. The van der Waals surface area contributed by atoms with Gasteiger partial charge < -0.3 is 15.2 Å². The van der Waals surface area contributed by atoms with Gasteiger partial charge in [-0.05, 0) is 0 Å². The first kappa shape index (κ1) is 18.1. The molecule has 1 aromatic heterocycles. The van der Waals surface area contributed by atoms with Gasteiger partial charge >= 0.3 is 5.97 Å². The lowest BCUT2D eigenvalue weighted by Crippen LogP contribution is -2.28. The minimum atomic E-state index is -3.73. The van der Waals surface area contributed by atoms with Crippen molar-refractivity contribution in [2.45, 2.75) is 4.21 Å². The summed E-state index contributed by atoms with van der Waals surface area (Å²) in [5.74, 6) is -0.511. The van der Waals surface area contributed by atoms with Gasteiger partial charge in [0, 0.05) is 19.2 Å². The van der Waals surface area contributed by atoms with Crippen LogP contribution in [0.2, 0.25) is 0 Å². The first-order valence-electron chi connectivity index (χ1n) is 4.92. The Morgan fingerprint density at radius 1 is 1.47 bits per heavy atom. The Morgan fingerprint density at radius 2 is 2.11 bits per heavy atom. The topological polar surface area (TPSA) is 108 Å². The molecule has 0 saturated heterocycles. The highest BCUT2D eigenvalue weighted by atomic mass is 35.5. The number of rotatable bonds is 6. The molecule has 0 aliphatic heterocycles. The summed E-state index contributed by atoms with van der Waals surface area (Å²) < 4.78 is 35.5. The van der Waals surface area contributed by atoms with Gasteiger partial charge in [-0.1, -0.05) is 0 Å². The number of methoxy groups -OCH3 is 2. The fraction of sp³-hybridized carbons (Fsp3) is 0.444. The largest absolute Gasteiger partial charge is 0.494 e. The monoisotopic (exact) mass is 330 g/mol. The number of nitrogens with two attached hydrogens (primary N) is 1. The fourth-order valence-electron chi connectivity index (χ4n) is 1.15. The first-order valence-corrected chi connectivity index (χ1v) is 7.22. The van der Waals surface area contributed by atoms with E-state index < -0.39 is 16.0 Å². The zero-order valence-corrected chi connectivity index (χ0v) is 12.8. The van der Waals surface area contributed by atoms with E-state index in [2.05, 4.69) is 9.46 Å². The summed E-state index contributed by atoms with van der Waals surface area (Å²) in [6.45, 7) is 0.285. The lowest BCUT2D eigenvalue weighted by molar-refractivity contribution is 0.0606. The molecule has 0 bridgehead atoms. The Kier molecular flexibility index (Phi) is 7.30. The van der Waals surface area contributed by atoms with Crippen molar-refractivity contribution in [1.29, 1.82) is 0 Å². The van der Waals surface area contributed by atoms with Crippen molar-refractivity contribution in [3.05, 3.63) is 10.9 Å². The summed E-state index contributed by atoms with van der Waals surface area (Å²) in [5, 5.41) is 0. The molecule has 1 heterocycles. The second-order valence-corrected chi connectivity index (χ2v) is 6.16. The number of esters is 1. The maximum atomic E-state index is 11.9. The number of nitrogens with one attached hydrogen (secondary N) is 1. The molecule has 0 atom stereocenters. The molecule has 1 aromatic rings. The number of ether oxygens (including phenoxy) is 2. The average Bonchev–Trinajstić information content (AvgIpc) is 2.80. The normalized spacial score (nSPS) is 10.7. The van der Waals surface area contributed by atoms with E-state index in [0.717, 1.165) is 11.3 Å². The van der Waals surface area contributed by atoms with Crippen molar-refractivity contribution in [1.82, 2.24) is 4.72 Å². The quantitative estimate of drug-likeness (QED) is 0.721. The van der Waals surface area contributed by atoms with Crippen LogP contribution in [0.15, 0.2) is 10.3 Å². The lowest BCUT2D eigenvalue weighted by Gasteiger charge is -2.04. The van der Waals surface area contributed by atoms with Crippen molar-refractivity contribution in [3.8, 4) is 5.75 Å². The molecule has 7 nitrogen and oxygen atoms in total. The van der Waals surface area contributed by atoms with E-state index in [-0.39, 0.29) is 40.3 Å². The van der Waals surface area contributed by atoms with Gasteiger partial charge in [0.15, 0.2) is 9.96 Å². The van der Waals surface area contributed by atoms with E-state index in [1.807, 2.05) is 0 Å². The Labute approximate surface area is 121 Å². The van der Waals surface area contributed by atoms with Crippen LogP contribution in [0.3, 0.4) is 0 Å². The van der Waals surface area contributed by atoms with Crippen LogP contribution in [0.4, 0.5) is 0 Å². The molecule has 0 aromatic carbocycles. The van der Waals surface area contributed by atoms with Gasteiger partial charge in [0.2, 0.25) is 0 Å². The molecule has 0 radical (unpaired) electrons. The third-order valence-electron chi connectivity index (χ3n) is 1.95.